The minimum atomic E-state index is -1.28. The summed E-state index contributed by atoms with van der Waals surface area (Å²) < 4.78 is 39.7. The molecule has 0 radical (unpaired) electrons. The van der Waals surface area contributed by atoms with Gasteiger partial charge in [-0.05, 0) is 53.1 Å². The van der Waals surface area contributed by atoms with Crippen molar-refractivity contribution in [2.24, 2.45) is 11.8 Å². The van der Waals surface area contributed by atoms with Gasteiger partial charge in [-0.15, -0.1) is 0 Å². The van der Waals surface area contributed by atoms with E-state index < -0.39 is 18.8 Å². The van der Waals surface area contributed by atoms with Gasteiger partial charge < -0.3 is 53.6 Å². The Bertz CT molecular complexity index is 1370. The van der Waals surface area contributed by atoms with Gasteiger partial charge in [0.1, 0.15) is 6.10 Å². The van der Waals surface area contributed by atoms with E-state index >= 15 is 0 Å². The zero-order chi connectivity index (χ0) is 30.0. The lowest BCUT2D eigenvalue weighted by molar-refractivity contribution is -0.000791. The van der Waals surface area contributed by atoms with Crippen LogP contribution in [0.15, 0.2) is 48.5 Å². The molecule has 0 aliphatic carbocycles. The molecule has 5 rings (SSSR count). The van der Waals surface area contributed by atoms with Crippen LogP contribution in [0.25, 0.3) is 0 Å². The van der Waals surface area contributed by atoms with E-state index in [0.29, 0.717) is 36.0 Å². The molecule has 6 unspecified atom stereocenters. The summed E-state index contributed by atoms with van der Waals surface area (Å²) in [6.07, 6.45) is -2.78. The first-order chi connectivity index (χ1) is 20.3. The molecule has 2 saturated heterocycles. The molecule has 3 aromatic rings. The van der Waals surface area contributed by atoms with Crippen LogP contribution in [0.1, 0.15) is 35.0 Å². The molecule has 2 heterocycles. The summed E-state index contributed by atoms with van der Waals surface area (Å²) in [5.74, 6) is 1.42. The Kier molecular flexibility index (Phi) is 8.83. The lowest BCUT2D eigenvalue weighted by atomic mass is 9.85. The van der Waals surface area contributed by atoms with Crippen molar-refractivity contribution in [3.8, 4) is 40.2 Å². The molecule has 0 saturated carbocycles. The third-order valence-corrected chi connectivity index (χ3v) is 7.97. The van der Waals surface area contributed by atoms with Crippen molar-refractivity contribution in [1.29, 1.82) is 0 Å². The smallest absolute Gasteiger partial charge is 0.200 e. The Hall–Kier alpha value is -3.90. The predicted octanol–water partition coefficient (Wildman–Crippen LogP) is 3.68. The van der Waals surface area contributed by atoms with Gasteiger partial charge in [0.15, 0.2) is 40.6 Å². The Morgan fingerprint density at radius 1 is 0.714 bits per heavy atom. The molecule has 0 bridgehead atoms. The molecule has 11 heteroatoms. The second kappa shape index (κ2) is 12.5. The van der Waals surface area contributed by atoms with Crippen LogP contribution < -0.4 is 23.7 Å². The average molecular weight is 585 g/mol. The van der Waals surface area contributed by atoms with Crippen LogP contribution in [-0.2, 0) is 9.47 Å². The van der Waals surface area contributed by atoms with Gasteiger partial charge in [0, 0.05) is 11.8 Å². The molecule has 3 aromatic carbocycles. The molecule has 2 fully saturated rings. The van der Waals surface area contributed by atoms with Gasteiger partial charge in [-0.25, -0.2) is 0 Å². The lowest BCUT2D eigenvalue weighted by Gasteiger charge is -2.25. The fraction of sp³-hybridized carbons (Fsp3) is 0.419. The molecule has 0 aromatic heterocycles. The maximum atomic E-state index is 11.1. The van der Waals surface area contributed by atoms with Crippen LogP contribution in [0, 0.1) is 11.8 Å². The van der Waals surface area contributed by atoms with Crippen molar-refractivity contribution >= 4 is 0 Å². The number of phenolic OH excluding ortho intramolecular Hbond substituents is 2. The van der Waals surface area contributed by atoms with Gasteiger partial charge in [-0.3, -0.25) is 0 Å². The molecular formula is C31H36O11. The fourth-order valence-corrected chi connectivity index (χ4v) is 5.73. The van der Waals surface area contributed by atoms with E-state index in [4.69, 9.17) is 33.2 Å². The number of rotatable bonds is 11. The van der Waals surface area contributed by atoms with Crippen molar-refractivity contribution in [2.75, 3.05) is 48.3 Å². The highest BCUT2D eigenvalue weighted by Crippen LogP contribution is 2.51. The molecule has 226 valence electrons. The summed E-state index contributed by atoms with van der Waals surface area (Å²) in [7, 11) is 5.79. The summed E-state index contributed by atoms with van der Waals surface area (Å²) in [5.41, 5.74) is 2.12. The number of phenols is 2. The Labute approximate surface area is 243 Å². The van der Waals surface area contributed by atoms with Crippen LogP contribution in [0.4, 0.5) is 0 Å². The van der Waals surface area contributed by atoms with Gasteiger partial charge in [-0.2, -0.15) is 0 Å². The zero-order valence-corrected chi connectivity index (χ0v) is 23.9. The Balaban J connectivity index is 1.33. The largest absolute Gasteiger partial charge is 0.504 e. The highest BCUT2D eigenvalue weighted by atomic mass is 16.5. The molecule has 0 amide bonds. The fourth-order valence-electron chi connectivity index (χ4n) is 5.73. The maximum absolute atomic E-state index is 11.1. The highest BCUT2D eigenvalue weighted by molar-refractivity contribution is 5.53. The third-order valence-electron chi connectivity index (χ3n) is 7.97. The third kappa shape index (κ3) is 5.48. The normalized spacial score (nSPS) is 22.7. The van der Waals surface area contributed by atoms with E-state index in [1.54, 1.807) is 18.2 Å². The van der Waals surface area contributed by atoms with Crippen molar-refractivity contribution in [1.82, 2.24) is 0 Å². The summed E-state index contributed by atoms with van der Waals surface area (Å²) in [4.78, 5) is 0. The molecule has 4 N–H and O–H groups in total. The number of aliphatic hydroxyl groups excluding tert-OH is 2. The number of hydrogen-bond acceptors (Lipinski definition) is 11. The van der Waals surface area contributed by atoms with E-state index in [-0.39, 0.29) is 47.0 Å². The molecule has 11 nitrogen and oxygen atoms in total. The van der Waals surface area contributed by atoms with E-state index in [1.165, 1.54) is 40.6 Å². The standard InChI is InChI=1S/C31H36O11/c1-36-23-9-16(5-7-21(23)33)30-19-14-41-31(20(19)15-40-30)17-6-8-22(24(10-17)37-2)42-27(13-32)28(34)18-11-25(38-3)29(35)26(12-18)39-4/h5-12,19-20,27-28,30-35H,13-15H2,1-4H3. The first kappa shape index (κ1) is 29.6. The lowest BCUT2D eigenvalue weighted by Crippen LogP contribution is -2.29. The van der Waals surface area contributed by atoms with E-state index in [2.05, 4.69) is 0 Å². The van der Waals surface area contributed by atoms with Crippen molar-refractivity contribution < 1.29 is 53.6 Å². The van der Waals surface area contributed by atoms with E-state index in [9.17, 15) is 20.4 Å². The second-order valence-electron chi connectivity index (χ2n) is 10.2. The van der Waals surface area contributed by atoms with Crippen LogP contribution >= 0.6 is 0 Å². The number of fused-ring (bicyclic) bond motifs is 1. The molecular weight excluding hydrogens is 548 g/mol. The van der Waals surface area contributed by atoms with Crippen molar-refractivity contribution in [3.05, 3.63) is 65.2 Å². The number of ether oxygens (including phenoxy) is 7. The average Bonchev–Trinajstić information content (AvgIpc) is 3.63. The molecule has 2 aliphatic rings. The predicted molar refractivity (Wildman–Crippen MR) is 150 cm³/mol. The number of methoxy groups -OCH3 is 4. The van der Waals surface area contributed by atoms with Gasteiger partial charge >= 0.3 is 0 Å². The first-order valence-electron chi connectivity index (χ1n) is 13.5. The SMILES string of the molecule is COc1cc(C2OCC3C(c4ccc(OC(CO)C(O)c5cc(OC)c(O)c(OC)c5)c(OC)c4)OCC23)ccc1O. The number of hydrogen-bond donors (Lipinski definition) is 4. The first-order valence-corrected chi connectivity index (χ1v) is 13.5. The number of aliphatic hydroxyl groups is 2. The van der Waals surface area contributed by atoms with Crippen molar-refractivity contribution in [3.63, 3.8) is 0 Å². The molecule has 0 spiro atoms. The molecule has 6 atom stereocenters. The monoisotopic (exact) mass is 584 g/mol. The Morgan fingerprint density at radius 3 is 1.76 bits per heavy atom. The van der Waals surface area contributed by atoms with Crippen LogP contribution in [-0.4, -0.2) is 74.8 Å². The Morgan fingerprint density at radius 2 is 1.24 bits per heavy atom. The summed E-state index contributed by atoms with van der Waals surface area (Å²) in [6.45, 7) is 0.498. The van der Waals surface area contributed by atoms with Gasteiger partial charge in [0.25, 0.3) is 0 Å². The minimum Gasteiger partial charge on any atom is -0.504 e. The zero-order valence-electron chi connectivity index (χ0n) is 23.9. The topological polar surface area (TPSA) is 146 Å². The van der Waals surface area contributed by atoms with E-state index in [0.717, 1.165) is 11.1 Å². The summed E-state index contributed by atoms with van der Waals surface area (Å²) >= 11 is 0. The summed E-state index contributed by atoms with van der Waals surface area (Å²) in [6, 6.07) is 13.6. The van der Waals surface area contributed by atoms with Crippen molar-refractivity contribution in [2.45, 2.75) is 24.4 Å². The van der Waals surface area contributed by atoms with Crippen LogP contribution in [0.5, 0.6) is 40.2 Å². The molecule has 2 aliphatic heterocycles. The van der Waals surface area contributed by atoms with Gasteiger partial charge in [-0.1, -0.05) is 12.1 Å². The summed E-state index contributed by atoms with van der Waals surface area (Å²) in [5, 5.41) is 41.3. The highest BCUT2D eigenvalue weighted by Gasteiger charge is 2.48. The second-order valence-corrected chi connectivity index (χ2v) is 10.2. The number of aromatic hydroxyl groups is 2. The molecule has 42 heavy (non-hydrogen) atoms. The van der Waals surface area contributed by atoms with Crippen LogP contribution in [0.2, 0.25) is 0 Å². The number of benzene rings is 3. The quantitative estimate of drug-likeness (QED) is 0.262. The van der Waals surface area contributed by atoms with Crippen LogP contribution in [0.3, 0.4) is 0 Å². The maximum Gasteiger partial charge on any atom is 0.200 e. The minimum absolute atomic E-state index is 0.0734. The van der Waals surface area contributed by atoms with E-state index in [1.807, 2.05) is 18.2 Å². The van der Waals surface area contributed by atoms with Gasteiger partial charge in [0.2, 0.25) is 5.75 Å². The van der Waals surface area contributed by atoms with Gasteiger partial charge in [0.05, 0.1) is 60.5 Å².